The van der Waals surface area contributed by atoms with Crippen LogP contribution in [-0.4, -0.2) is 18.8 Å². The molecule has 0 spiro atoms. The Hall–Kier alpha value is -1.78. The minimum absolute atomic E-state index is 0.147. The van der Waals surface area contributed by atoms with Gasteiger partial charge in [0.1, 0.15) is 11.6 Å². The van der Waals surface area contributed by atoms with Gasteiger partial charge in [-0.25, -0.2) is 4.39 Å². The van der Waals surface area contributed by atoms with E-state index in [1.54, 1.807) is 37.4 Å². The maximum Gasteiger partial charge on any atom is 0.147 e. The number of rotatable bonds is 5. The second-order valence-electron chi connectivity index (χ2n) is 4.27. The van der Waals surface area contributed by atoms with Crippen molar-refractivity contribution in [3.63, 3.8) is 0 Å². The van der Waals surface area contributed by atoms with E-state index in [2.05, 4.69) is 5.32 Å². The van der Waals surface area contributed by atoms with Crippen LogP contribution in [0.5, 0.6) is 5.75 Å². The quantitative estimate of drug-likeness (QED) is 0.885. The number of para-hydroxylation sites is 1. The third-order valence-electron chi connectivity index (χ3n) is 2.91. The zero-order valence-corrected chi connectivity index (χ0v) is 11.7. The third-order valence-corrected chi connectivity index (χ3v) is 3.23. The topological polar surface area (TPSA) is 41.5 Å². The van der Waals surface area contributed by atoms with E-state index < -0.39 is 11.9 Å². The number of methoxy groups -OCH3 is 1. The van der Waals surface area contributed by atoms with Crippen LogP contribution in [0.1, 0.15) is 11.7 Å². The van der Waals surface area contributed by atoms with Gasteiger partial charge < -0.3 is 15.2 Å². The number of ether oxygens (including phenoxy) is 1. The van der Waals surface area contributed by atoms with Crippen LogP contribution in [-0.2, 0) is 0 Å². The molecule has 2 rings (SSSR count). The molecular formula is C15H15ClFNO2. The predicted molar refractivity (Wildman–Crippen MR) is 77.9 cm³/mol. The molecule has 0 aliphatic carbocycles. The molecule has 0 saturated heterocycles. The molecule has 5 heteroatoms. The number of aliphatic hydroxyl groups excluding tert-OH is 1. The monoisotopic (exact) mass is 295 g/mol. The fourth-order valence-electron chi connectivity index (χ4n) is 1.83. The first-order valence-corrected chi connectivity index (χ1v) is 6.49. The normalized spacial score (nSPS) is 12.0. The van der Waals surface area contributed by atoms with Gasteiger partial charge in [-0.3, -0.25) is 0 Å². The summed E-state index contributed by atoms with van der Waals surface area (Å²) in [6.45, 7) is 0.147. The highest BCUT2D eigenvalue weighted by Gasteiger charge is 2.11. The zero-order chi connectivity index (χ0) is 14.5. The highest BCUT2D eigenvalue weighted by molar-refractivity contribution is 6.33. The van der Waals surface area contributed by atoms with Crippen molar-refractivity contribution in [3.8, 4) is 5.75 Å². The summed E-state index contributed by atoms with van der Waals surface area (Å²) in [5, 5.41) is 13.2. The second kappa shape index (κ2) is 6.59. The summed E-state index contributed by atoms with van der Waals surface area (Å²) in [7, 11) is 1.56. The van der Waals surface area contributed by atoms with Gasteiger partial charge in [0, 0.05) is 6.54 Å². The van der Waals surface area contributed by atoms with Crippen molar-refractivity contribution in [1.82, 2.24) is 0 Å². The molecule has 3 nitrogen and oxygen atoms in total. The number of aliphatic hydroxyl groups is 1. The Morgan fingerprint density at radius 3 is 2.75 bits per heavy atom. The highest BCUT2D eigenvalue weighted by Crippen LogP contribution is 2.26. The first-order valence-electron chi connectivity index (χ1n) is 6.11. The van der Waals surface area contributed by atoms with E-state index >= 15 is 0 Å². The molecule has 0 saturated carbocycles. The molecule has 0 bridgehead atoms. The van der Waals surface area contributed by atoms with E-state index in [-0.39, 0.29) is 17.3 Å². The largest absolute Gasteiger partial charge is 0.497 e. The SMILES string of the molecule is COc1cccc(C(O)CNc2c(F)cccc2Cl)c1. The summed E-state index contributed by atoms with van der Waals surface area (Å²) in [6.07, 6.45) is -0.791. The van der Waals surface area contributed by atoms with Crippen molar-refractivity contribution in [2.75, 3.05) is 19.0 Å². The van der Waals surface area contributed by atoms with Crippen molar-refractivity contribution in [1.29, 1.82) is 0 Å². The number of anilines is 1. The molecule has 20 heavy (non-hydrogen) atoms. The zero-order valence-electron chi connectivity index (χ0n) is 10.9. The van der Waals surface area contributed by atoms with Crippen LogP contribution < -0.4 is 10.1 Å². The molecule has 106 valence electrons. The van der Waals surface area contributed by atoms with E-state index in [0.29, 0.717) is 11.3 Å². The molecular weight excluding hydrogens is 281 g/mol. The molecule has 0 aliphatic rings. The molecule has 0 amide bonds. The Morgan fingerprint density at radius 1 is 1.30 bits per heavy atom. The smallest absolute Gasteiger partial charge is 0.147 e. The van der Waals surface area contributed by atoms with Gasteiger partial charge in [-0.15, -0.1) is 0 Å². The maximum absolute atomic E-state index is 13.6. The Kier molecular flexibility index (Phi) is 4.82. The molecule has 0 aromatic heterocycles. The fourth-order valence-corrected chi connectivity index (χ4v) is 2.06. The van der Waals surface area contributed by atoms with Crippen LogP contribution >= 0.6 is 11.6 Å². The van der Waals surface area contributed by atoms with Gasteiger partial charge in [0.2, 0.25) is 0 Å². The van der Waals surface area contributed by atoms with Crippen molar-refractivity contribution in [3.05, 3.63) is 58.9 Å². The summed E-state index contributed by atoms with van der Waals surface area (Å²) in [5.74, 6) is 0.209. The molecule has 1 atom stereocenters. The van der Waals surface area contributed by atoms with Gasteiger partial charge in [-0.2, -0.15) is 0 Å². The third kappa shape index (κ3) is 3.40. The predicted octanol–water partition coefficient (Wildman–Crippen LogP) is 3.63. The molecule has 0 fully saturated rings. The van der Waals surface area contributed by atoms with Crippen LogP contribution in [0.25, 0.3) is 0 Å². The number of benzene rings is 2. The van der Waals surface area contributed by atoms with Crippen LogP contribution in [0.15, 0.2) is 42.5 Å². The number of halogens is 2. The van der Waals surface area contributed by atoms with E-state index in [1.165, 1.54) is 12.1 Å². The molecule has 1 unspecified atom stereocenters. The molecule has 0 heterocycles. The summed E-state index contributed by atoms with van der Waals surface area (Å²) >= 11 is 5.90. The van der Waals surface area contributed by atoms with Gasteiger partial charge in [-0.1, -0.05) is 29.8 Å². The van der Waals surface area contributed by atoms with Gasteiger partial charge >= 0.3 is 0 Å². The van der Waals surface area contributed by atoms with E-state index in [4.69, 9.17) is 16.3 Å². The van der Waals surface area contributed by atoms with Crippen LogP contribution in [0.2, 0.25) is 5.02 Å². The number of nitrogens with one attached hydrogen (secondary N) is 1. The van der Waals surface area contributed by atoms with Gasteiger partial charge in [0.25, 0.3) is 0 Å². The Labute approximate surface area is 122 Å². The Morgan fingerprint density at radius 2 is 2.05 bits per heavy atom. The Bertz CT molecular complexity index is 572. The first-order chi connectivity index (χ1) is 9.61. The summed E-state index contributed by atoms with van der Waals surface area (Å²) in [6, 6.07) is 11.5. The van der Waals surface area contributed by atoms with Crippen LogP contribution in [0.3, 0.4) is 0 Å². The van der Waals surface area contributed by atoms with Crippen molar-refractivity contribution < 1.29 is 14.2 Å². The standard InChI is InChI=1S/C15H15ClFNO2/c1-20-11-5-2-4-10(8-11)14(19)9-18-15-12(16)6-3-7-13(15)17/h2-8,14,18-19H,9H2,1H3. The van der Waals surface area contributed by atoms with Crippen LogP contribution in [0.4, 0.5) is 10.1 Å². The summed E-state index contributed by atoms with van der Waals surface area (Å²) < 4.78 is 18.7. The lowest BCUT2D eigenvalue weighted by Crippen LogP contribution is -2.13. The average Bonchev–Trinajstić information content (AvgIpc) is 2.46. The second-order valence-corrected chi connectivity index (χ2v) is 4.68. The van der Waals surface area contributed by atoms with Crippen molar-refractivity contribution in [2.45, 2.75) is 6.10 Å². The van der Waals surface area contributed by atoms with E-state index in [9.17, 15) is 9.50 Å². The average molecular weight is 296 g/mol. The molecule has 0 radical (unpaired) electrons. The van der Waals surface area contributed by atoms with Crippen LogP contribution in [0, 0.1) is 5.82 Å². The summed E-state index contributed by atoms with van der Waals surface area (Å²) in [5.41, 5.74) is 0.875. The van der Waals surface area contributed by atoms with Gasteiger partial charge in [0.05, 0.1) is 23.9 Å². The molecule has 2 N–H and O–H groups in total. The minimum atomic E-state index is -0.791. The molecule has 2 aromatic carbocycles. The van der Waals surface area contributed by atoms with E-state index in [1.807, 2.05) is 0 Å². The van der Waals surface area contributed by atoms with Crippen molar-refractivity contribution in [2.24, 2.45) is 0 Å². The fraction of sp³-hybridized carbons (Fsp3) is 0.200. The summed E-state index contributed by atoms with van der Waals surface area (Å²) in [4.78, 5) is 0. The van der Waals surface area contributed by atoms with Crippen molar-refractivity contribution >= 4 is 17.3 Å². The minimum Gasteiger partial charge on any atom is -0.497 e. The lowest BCUT2D eigenvalue weighted by atomic mass is 10.1. The first kappa shape index (κ1) is 14.6. The maximum atomic E-state index is 13.6. The van der Waals surface area contributed by atoms with E-state index in [0.717, 1.165) is 0 Å². The van der Waals surface area contributed by atoms with Gasteiger partial charge in [0.15, 0.2) is 0 Å². The molecule has 0 aliphatic heterocycles. The lowest BCUT2D eigenvalue weighted by molar-refractivity contribution is 0.191. The Balaban J connectivity index is 2.06. The number of hydrogen-bond donors (Lipinski definition) is 2. The van der Waals surface area contributed by atoms with Gasteiger partial charge in [-0.05, 0) is 29.8 Å². The molecule has 2 aromatic rings. The number of hydrogen-bond acceptors (Lipinski definition) is 3. The highest BCUT2D eigenvalue weighted by atomic mass is 35.5. The lowest BCUT2D eigenvalue weighted by Gasteiger charge is -2.15.